The molecule has 6 rings (SSSR count). The fourth-order valence-electron chi connectivity index (χ4n) is 5.03. The van der Waals surface area contributed by atoms with Gasteiger partial charge < -0.3 is 24.4 Å². The lowest BCUT2D eigenvalue weighted by molar-refractivity contribution is 0.122. The number of anilines is 2. The standard InChI is InChI=1S/C28H28N6OS/c1-20-7-12-25(30-19-20)33-14-4-6-24(33)27-26(23-5-2-3-13-29-23)31-28(36)34(27)22-10-8-21(9-11-22)32-15-17-35-18-16-32/h2-14,19,26-27H,15-18H2,1H3,(H,31,36)/t26-,27-/m1/s1. The van der Waals surface area contributed by atoms with E-state index in [0.717, 1.165) is 54.8 Å². The maximum absolute atomic E-state index is 5.92. The molecule has 0 spiro atoms. The third kappa shape index (κ3) is 4.23. The van der Waals surface area contributed by atoms with Crippen molar-refractivity contribution in [2.45, 2.75) is 19.0 Å². The van der Waals surface area contributed by atoms with Gasteiger partial charge in [0.1, 0.15) is 11.9 Å². The van der Waals surface area contributed by atoms with Crippen LogP contribution in [0.5, 0.6) is 0 Å². The average molecular weight is 497 g/mol. The molecule has 2 aliphatic heterocycles. The normalized spacial score (nSPS) is 20.0. The number of morpholine rings is 1. The molecule has 1 N–H and O–H groups in total. The van der Waals surface area contributed by atoms with Gasteiger partial charge in [-0.1, -0.05) is 12.1 Å². The van der Waals surface area contributed by atoms with Crippen LogP contribution in [0.25, 0.3) is 5.82 Å². The summed E-state index contributed by atoms with van der Waals surface area (Å²) < 4.78 is 7.66. The van der Waals surface area contributed by atoms with Gasteiger partial charge in [0.05, 0.1) is 24.9 Å². The topological polar surface area (TPSA) is 58.5 Å². The summed E-state index contributed by atoms with van der Waals surface area (Å²) in [6, 6.07) is 22.8. The van der Waals surface area contributed by atoms with Gasteiger partial charge in [0.25, 0.3) is 0 Å². The molecule has 5 heterocycles. The van der Waals surface area contributed by atoms with Crippen molar-refractivity contribution in [3.8, 4) is 5.82 Å². The predicted molar refractivity (Wildman–Crippen MR) is 146 cm³/mol. The van der Waals surface area contributed by atoms with Crippen LogP contribution in [0.1, 0.15) is 29.0 Å². The molecular weight excluding hydrogens is 468 g/mol. The number of nitrogens with zero attached hydrogens (tertiary/aromatic N) is 5. The Kier molecular flexibility index (Phi) is 6.13. The molecule has 0 aliphatic carbocycles. The molecule has 2 atom stereocenters. The van der Waals surface area contributed by atoms with E-state index >= 15 is 0 Å². The molecule has 0 saturated carbocycles. The first-order valence-corrected chi connectivity index (χ1v) is 12.6. The van der Waals surface area contributed by atoms with E-state index in [2.05, 4.69) is 85.5 Å². The summed E-state index contributed by atoms with van der Waals surface area (Å²) in [7, 11) is 0. The van der Waals surface area contributed by atoms with Gasteiger partial charge in [-0.3, -0.25) is 4.98 Å². The van der Waals surface area contributed by atoms with E-state index in [9.17, 15) is 0 Å². The van der Waals surface area contributed by atoms with Crippen molar-refractivity contribution in [1.29, 1.82) is 0 Å². The largest absolute Gasteiger partial charge is 0.378 e. The van der Waals surface area contributed by atoms with Crippen molar-refractivity contribution < 1.29 is 4.74 Å². The Bertz CT molecular complexity index is 1330. The van der Waals surface area contributed by atoms with Crippen LogP contribution in [-0.2, 0) is 4.74 Å². The lowest BCUT2D eigenvalue weighted by Gasteiger charge is -2.31. The zero-order chi connectivity index (χ0) is 24.5. The summed E-state index contributed by atoms with van der Waals surface area (Å²) in [6.45, 7) is 5.39. The first-order chi connectivity index (χ1) is 17.7. The van der Waals surface area contributed by atoms with E-state index in [0.29, 0.717) is 5.11 Å². The van der Waals surface area contributed by atoms with Gasteiger partial charge in [-0.2, -0.15) is 0 Å². The monoisotopic (exact) mass is 496 g/mol. The van der Waals surface area contributed by atoms with E-state index < -0.39 is 0 Å². The van der Waals surface area contributed by atoms with E-state index in [-0.39, 0.29) is 12.1 Å². The molecule has 4 aromatic rings. The lowest BCUT2D eigenvalue weighted by atomic mass is 10.0. The van der Waals surface area contributed by atoms with Gasteiger partial charge in [0.2, 0.25) is 0 Å². The second-order valence-electron chi connectivity index (χ2n) is 9.11. The lowest BCUT2D eigenvalue weighted by Crippen LogP contribution is -2.36. The average Bonchev–Trinajstić information content (AvgIpc) is 3.54. The second kappa shape index (κ2) is 9.72. The fraction of sp³-hybridized carbons (Fsp3) is 0.250. The Hall–Kier alpha value is -3.75. The third-order valence-electron chi connectivity index (χ3n) is 6.83. The molecule has 3 aromatic heterocycles. The number of nitrogens with one attached hydrogen (secondary N) is 1. The highest BCUT2D eigenvalue weighted by Gasteiger charge is 2.42. The smallest absolute Gasteiger partial charge is 0.174 e. The summed E-state index contributed by atoms with van der Waals surface area (Å²) in [5.41, 5.74) is 5.40. The van der Waals surface area contributed by atoms with E-state index in [1.54, 1.807) is 0 Å². The number of benzene rings is 1. The minimum Gasteiger partial charge on any atom is -0.378 e. The molecule has 0 bridgehead atoms. The molecule has 36 heavy (non-hydrogen) atoms. The van der Waals surface area contributed by atoms with Crippen molar-refractivity contribution in [1.82, 2.24) is 19.9 Å². The number of aryl methyl sites for hydroxylation is 1. The number of ether oxygens (including phenoxy) is 1. The molecule has 7 nitrogen and oxygen atoms in total. The number of rotatable bonds is 5. The summed E-state index contributed by atoms with van der Waals surface area (Å²) in [5.74, 6) is 0.876. The van der Waals surface area contributed by atoms with Gasteiger partial charge in [-0.05, 0) is 79.3 Å². The Morgan fingerprint density at radius 1 is 0.917 bits per heavy atom. The van der Waals surface area contributed by atoms with Crippen LogP contribution in [0, 0.1) is 6.92 Å². The fourth-order valence-corrected chi connectivity index (χ4v) is 5.37. The molecule has 8 heteroatoms. The van der Waals surface area contributed by atoms with Crippen molar-refractivity contribution in [3.63, 3.8) is 0 Å². The second-order valence-corrected chi connectivity index (χ2v) is 9.50. The van der Waals surface area contributed by atoms with Gasteiger partial charge in [-0.15, -0.1) is 0 Å². The zero-order valence-electron chi connectivity index (χ0n) is 20.1. The van der Waals surface area contributed by atoms with Crippen LogP contribution in [-0.4, -0.2) is 46.0 Å². The maximum Gasteiger partial charge on any atom is 0.174 e. The maximum atomic E-state index is 5.92. The minimum atomic E-state index is -0.114. The molecule has 2 saturated heterocycles. The number of hydrogen-bond donors (Lipinski definition) is 1. The Labute approximate surface area is 216 Å². The number of hydrogen-bond acceptors (Lipinski definition) is 5. The van der Waals surface area contributed by atoms with Crippen LogP contribution < -0.4 is 15.1 Å². The van der Waals surface area contributed by atoms with Gasteiger partial charge >= 0.3 is 0 Å². The quantitative estimate of drug-likeness (QED) is 0.406. The van der Waals surface area contributed by atoms with E-state index in [4.69, 9.17) is 21.9 Å². The summed E-state index contributed by atoms with van der Waals surface area (Å²) in [4.78, 5) is 13.9. The number of thiocarbonyl (C=S) groups is 1. The summed E-state index contributed by atoms with van der Waals surface area (Å²) in [6.07, 6.45) is 5.79. The first-order valence-electron chi connectivity index (χ1n) is 12.2. The predicted octanol–water partition coefficient (Wildman–Crippen LogP) is 4.59. The van der Waals surface area contributed by atoms with Crippen LogP contribution in [0.15, 0.2) is 85.3 Å². The highest BCUT2D eigenvalue weighted by Crippen LogP contribution is 2.42. The van der Waals surface area contributed by atoms with Crippen molar-refractivity contribution >= 4 is 28.7 Å². The summed E-state index contributed by atoms with van der Waals surface area (Å²) in [5, 5.41) is 4.24. The molecule has 2 fully saturated rings. The molecule has 0 unspecified atom stereocenters. The van der Waals surface area contributed by atoms with Crippen LogP contribution in [0.4, 0.5) is 11.4 Å². The van der Waals surface area contributed by atoms with Crippen LogP contribution >= 0.6 is 12.2 Å². The highest BCUT2D eigenvalue weighted by molar-refractivity contribution is 7.80. The Morgan fingerprint density at radius 3 is 2.44 bits per heavy atom. The molecular formula is C28H28N6OS. The zero-order valence-corrected chi connectivity index (χ0v) is 20.9. The van der Waals surface area contributed by atoms with E-state index in [1.807, 2.05) is 31.5 Å². The van der Waals surface area contributed by atoms with Crippen LogP contribution in [0.3, 0.4) is 0 Å². The molecule has 2 aliphatic rings. The number of pyridine rings is 2. The molecule has 0 amide bonds. The van der Waals surface area contributed by atoms with Gasteiger partial charge in [-0.25, -0.2) is 4.98 Å². The Morgan fingerprint density at radius 2 is 1.72 bits per heavy atom. The SMILES string of the molecule is Cc1ccc(-n2cccc2[C@@H]2[C@@H](c3ccccn3)NC(=S)N2c2ccc(N3CCOCC3)cc2)nc1. The first kappa shape index (κ1) is 22.7. The summed E-state index contributed by atoms with van der Waals surface area (Å²) >= 11 is 5.92. The van der Waals surface area contributed by atoms with Crippen molar-refractivity contribution in [3.05, 3.63) is 102 Å². The molecule has 0 radical (unpaired) electrons. The third-order valence-corrected chi connectivity index (χ3v) is 7.14. The molecule has 1 aromatic carbocycles. The van der Waals surface area contributed by atoms with Crippen LogP contribution in [0.2, 0.25) is 0 Å². The van der Waals surface area contributed by atoms with Gasteiger partial charge in [0.15, 0.2) is 5.11 Å². The van der Waals surface area contributed by atoms with Gasteiger partial charge in [0, 0.05) is 48.7 Å². The Balaban J connectivity index is 1.41. The molecule has 182 valence electrons. The number of aromatic nitrogens is 3. The highest BCUT2D eigenvalue weighted by atomic mass is 32.1. The van der Waals surface area contributed by atoms with Crippen molar-refractivity contribution in [2.24, 2.45) is 0 Å². The van der Waals surface area contributed by atoms with Crippen molar-refractivity contribution in [2.75, 3.05) is 36.1 Å². The van der Waals surface area contributed by atoms with E-state index in [1.165, 1.54) is 5.69 Å². The minimum absolute atomic E-state index is 0.111.